The summed E-state index contributed by atoms with van der Waals surface area (Å²) < 4.78 is 10.5. The van der Waals surface area contributed by atoms with Gasteiger partial charge in [0, 0.05) is 12.1 Å². The summed E-state index contributed by atoms with van der Waals surface area (Å²) >= 11 is 0. The summed E-state index contributed by atoms with van der Waals surface area (Å²) in [7, 11) is 0. The quantitative estimate of drug-likeness (QED) is 0.767. The molecular formula is C19H24N2O4. The first-order chi connectivity index (χ1) is 11.9. The predicted molar refractivity (Wildman–Crippen MR) is 91.8 cm³/mol. The highest BCUT2D eigenvalue weighted by molar-refractivity contribution is 5.84. The molecule has 1 aliphatic heterocycles. The maximum atomic E-state index is 12.6. The minimum Gasteiger partial charge on any atom is -0.482 e. The highest BCUT2D eigenvalue weighted by atomic mass is 16.6. The van der Waals surface area contributed by atoms with Crippen LogP contribution in [-0.2, 0) is 14.3 Å². The lowest BCUT2D eigenvalue weighted by molar-refractivity contribution is -0.163. The van der Waals surface area contributed by atoms with Crippen molar-refractivity contribution in [3.8, 4) is 11.8 Å². The summed E-state index contributed by atoms with van der Waals surface area (Å²) in [5, 5.41) is 8.74. The fourth-order valence-electron chi connectivity index (χ4n) is 3.12. The minimum atomic E-state index is -0.833. The number of hydrogen-bond donors (Lipinski definition) is 0. The number of rotatable bonds is 5. The summed E-state index contributed by atoms with van der Waals surface area (Å²) in [4.78, 5) is 26.3. The Morgan fingerprint density at radius 1 is 1.24 bits per heavy atom. The molecule has 0 aliphatic carbocycles. The molecule has 1 aliphatic rings. The van der Waals surface area contributed by atoms with Crippen molar-refractivity contribution < 1.29 is 19.1 Å². The molecule has 0 bridgehead atoms. The van der Waals surface area contributed by atoms with E-state index in [1.165, 1.54) is 0 Å². The van der Waals surface area contributed by atoms with Gasteiger partial charge in [-0.2, -0.15) is 5.26 Å². The smallest absolute Gasteiger partial charge is 0.344 e. The standard InChI is InChI=1S/C19H24N2O4/c1-13-5-4-6-14(2)21(13)19(23)15(3)25-18(22)12-24-17-9-7-16(11-20)8-10-17/h7-10,13-15H,4-6,12H2,1-3H3/t13-,14-,15+/m0/s1. The van der Waals surface area contributed by atoms with Gasteiger partial charge in [-0.15, -0.1) is 0 Å². The van der Waals surface area contributed by atoms with Crippen LogP contribution in [0.25, 0.3) is 0 Å². The van der Waals surface area contributed by atoms with Crippen molar-refractivity contribution in [3.63, 3.8) is 0 Å². The lowest BCUT2D eigenvalue weighted by Crippen LogP contribution is -2.51. The number of amides is 1. The molecule has 0 spiro atoms. The van der Waals surface area contributed by atoms with E-state index in [1.54, 1.807) is 31.2 Å². The summed E-state index contributed by atoms with van der Waals surface area (Å²) in [6, 6.07) is 8.75. The van der Waals surface area contributed by atoms with Crippen molar-refractivity contribution in [1.29, 1.82) is 5.26 Å². The third-order valence-corrected chi connectivity index (χ3v) is 4.44. The van der Waals surface area contributed by atoms with E-state index in [2.05, 4.69) is 0 Å². The van der Waals surface area contributed by atoms with E-state index < -0.39 is 12.1 Å². The normalized spacial score (nSPS) is 21.1. The van der Waals surface area contributed by atoms with Crippen LogP contribution in [0.1, 0.15) is 45.6 Å². The second-order valence-corrected chi connectivity index (χ2v) is 6.43. The zero-order valence-electron chi connectivity index (χ0n) is 14.9. The molecule has 134 valence electrons. The van der Waals surface area contributed by atoms with Gasteiger partial charge in [0.2, 0.25) is 0 Å². The van der Waals surface area contributed by atoms with Gasteiger partial charge in [-0.25, -0.2) is 4.79 Å². The fourth-order valence-corrected chi connectivity index (χ4v) is 3.12. The Morgan fingerprint density at radius 3 is 2.40 bits per heavy atom. The van der Waals surface area contributed by atoms with Gasteiger partial charge in [0.05, 0.1) is 11.6 Å². The average Bonchev–Trinajstić information content (AvgIpc) is 2.60. The van der Waals surface area contributed by atoms with Gasteiger partial charge in [-0.3, -0.25) is 4.79 Å². The van der Waals surface area contributed by atoms with E-state index >= 15 is 0 Å². The molecular weight excluding hydrogens is 320 g/mol. The number of hydrogen-bond acceptors (Lipinski definition) is 5. The van der Waals surface area contributed by atoms with Crippen molar-refractivity contribution in [2.24, 2.45) is 0 Å². The molecule has 6 nitrogen and oxygen atoms in total. The van der Waals surface area contributed by atoms with Crippen LogP contribution in [0.4, 0.5) is 0 Å². The number of nitriles is 1. The zero-order chi connectivity index (χ0) is 18.4. The molecule has 6 heteroatoms. The summed E-state index contributed by atoms with van der Waals surface area (Å²) in [6.45, 7) is 5.36. The van der Waals surface area contributed by atoms with Gasteiger partial charge in [-0.05, 0) is 64.3 Å². The number of carbonyl (C=O) groups is 2. The molecule has 0 aromatic heterocycles. The Balaban J connectivity index is 1.84. The Morgan fingerprint density at radius 2 is 1.84 bits per heavy atom. The van der Waals surface area contributed by atoms with Gasteiger partial charge in [0.25, 0.3) is 5.91 Å². The summed E-state index contributed by atoms with van der Waals surface area (Å²) in [6.07, 6.45) is 2.22. The van der Waals surface area contributed by atoms with Crippen LogP contribution in [0, 0.1) is 11.3 Å². The van der Waals surface area contributed by atoms with Crippen molar-refractivity contribution in [3.05, 3.63) is 29.8 Å². The van der Waals surface area contributed by atoms with E-state index in [1.807, 2.05) is 24.8 Å². The Hall–Kier alpha value is -2.55. The molecule has 1 amide bonds. The number of esters is 1. The lowest BCUT2D eigenvalue weighted by Gasteiger charge is -2.40. The van der Waals surface area contributed by atoms with Crippen molar-refractivity contribution in [2.75, 3.05) is 6.61 Å². The highest BCUT2D eigenvalue weighted by Gasteiger charge is 2.33. The second kappa shape index (κ2) is 8.52. The van der Waals surface area contributed by atoms with E-state index in [4.69, 9.17) is 14.7 Å². The maximum absolute atomic E-state index is 12.6. The number of likely N-dealkylation sites (tertiary alicyclic amines) is 1. The molecule has 0 radical (unpaired) electrons. The summed E-state index contributed by atoms with van der Waals surface area (Å²) in [5.74, 6) is -0.290. The average molecular weight is 344 g/mol. The number of piperidine rings is 1. The highest BCUT2D eigenvalue weighted by Crippen LogP contribution is 2.23. The molecule has 1 fully saturated rings. The largest absolute Gasteiger partial charge is 0.482 e. The first-order valence-corrected chi connectivity index (χ1v) is 8.57. The molecule has 2 rings (SSSR count). The molecule has 0 unspecified atom stereocenters. The molecule has 1 saturated heterocycles. The molecule has 1 aromatic rings. The SMILES string of the molecule is C[C@@H](OC(=O)COc1ccc(C#N)cc1)C(=O)N1[C@@H](C)CCC[C@@H]1C. The number of benzene rings is 1. The third-order valence-electron chi connectivity index (χ3n) is 4.44. The minimum absolute atomic E-state index is 0.160. The molecule has 0 N–H and O–H groups in total. The topological polar surface area (TPSA) is 79.6 Å². The number of ether oxygens (including phenoxy) is 2. The predicted octanol–water partition coefficient (Wildman–Crippen LogP) is 2.66. The van der Waals surface area contributed by atoms with Crippen LogP contribution in [-0.4, -0.2) is 41.6 Å². The van der Waals surface area contributed by atoms with E-state index in [0.717, 1.165) is 19.3 Å². The van der Waals surface area contributed by atoms with Crippen molar-refractivity contribution >= 4 is 11.9 Å². The van der Waals surface area contributed by atoms with E-state index in [0.29, 0.717) is 11.3 Å². The fraction of sp³-hybridized carbons (Fsp3) is 0.526. The van der Waals surface area contributed by atoms with E-state index in [9.17, 15) is 9.59 Å². The van der Waals surface area contributed by atoms with Crippen LogP contribution >= 0.6 is 0 Å². The van der Waals surface area contributed by atoms with Crippen molar-refractivity contribution in [1.82, 2.24) is 4.90 Å². The van der Waals surface area contributed by atoms with Gasteiger partial charge < -0.3 is 14.4 Å². The van der Waals surface area contributed by atoms with Gasteiger partial charge in [0.1, 0.15) is 5.75 Å². The Kier molecular flexibility index (Phi) is 6.40. The van der Waals surface area contributed by atoms with Gasteiger partial charge in [-0.1, -0.05) is 0 Å². The first-order valence-electron chi connectivity index (χ1n) is 8.57. The maximum Gasteiger partial charge on any atom is 0.344 e. The molecule has 1 aromatic carbocycles. The molecule has 0 saturated carbocycles. The van der Waals surface area contributed by atoms with E-state index in [-0.39, 0.29) is 24.6 Å². The molecule has 1 heterocycles. The van der Waals surface area contributed by atoms with Gasteiger partial charge >= 0.3 is 5.97 Å². The monoisotopic (exact) mass is 344 g/mol. The van der Waals surface area contributed by atoms with Crippen LogP contribution in [0.3, 0.4) is 0 Å². The molecule has 3 atom stereocenters. The number of carbonyl (C=O) groups excluding carboxylic acids is 2. The Labute approximate surface area is 148 Å². The summed E-state index contributed by atoms with van der Waals surface area (Å²) in [5.41, 5.74) is 0.513. The van der Waals surface area contributed by atoms with Gasteiger partial charge in [0.15, 0.2) is 12.7 Å². The lowest BCUT2D eigenvalue weighted by atomic mass is 9.97. The molecule has 25 heavy (non-hydrogen) atoms. The van der Waals surface area contributed by atoms with Crippen LogP contribution in [0.2, 0.25) is 0 Å². The zero-order valence-corrected chi connectivity index (χ0v) is 14.9. The third kappa shape index (κ3) is 4.96. The number of nitrogens with zero attached hydrogens (tertiary/aromatic N) is 2. The van der Waals surface area contributed by atoms with Crippen molar-refractivity contribution in [2.45, 2.75) is 58.2 Å². The first kappa shape index (κ1) is 18.8. The Bertz CT molecular complexity index is 640. The van der Waals surface area contributed by atoms with Crippen LogP contribution in [0.15, 0.2) is 24.3 Å². The second-order valence-electron chi connectivity index (χ2n) is 6.43. The van der Waals surface area contributed by atoms with Crippen LogP contribution < -0.4 is 4.74 Å². The van der Waals surface area contributed by atoms with Crippen LogP contribution in [0.5, 0.6) is 5.75 Å².